The molecule has 2 rings (SSSR count). The van der Waals surface area contributed by atoms with Crippen LogP contribution in [0.2, 0.25) is 0 Å². The summed E-state index contributed by atoms with van der Waals surface area (Å²) in [6.07, 6.45) is 1.27. The summed E-state index contributed by atoms with van der Waals surface area (Å²) in [5, 5.41) is 13.9. The van der Waals surface area contributed by atoms with E-state index in [-0.39, 0.29) is 10.4 Å². The molecule has 1 aliphatic heterocycles. The van der Waals surface area contributed by atoms with Crippen molar-refractivity contribution in [1.29, 1.82) is 0 Å². The molecule has 0 aliphatic carbocycles. The standard InChI is InChI=1S/C11H17N5O2S/c1-11(2)7-15(4-5-19-11)9-8(16(17)18)6-13-10(12-3)14-9/h6H,4-5,7H2,1-3H3,(H,12,13,14). The van der Waals surface area contributed by atoms with Gasteiger partial charge in [0.25, 0.3) is 0 Å². The van der Waals surface area contributed by atoms with E-state index in [9.17, 15) is 10.1 Å². The van der Waals surface area contributed by atoms with E-state index in [1.807, 2.05) is 16.7 Å². The molecule has 19 heavy (non-hydrogen) atoms. The zero-order chi connectivity index (χ0) is 14.0. The van der Waals surface area contributed by atoms with Crippen molar-refractivity contribution >= 4 is 29.2 Å². The molecule has 2 heterocycles. The van der Waals surface area contributed by atoms with Crippen LogP contribution < -0.4 is 10.2 Å². The largest absolute Gasteiger partial charge is 0.357 e. The van der Waals surface area contributed by atoms with E-state index in [0.29, 0.717) is 11.8 Å². The van der Waals surface area contributed by atoms with Gasteiger partial charge in [0.2, 0.25) is 11.8 Å². The molecular formula is C11H17N5O2S. The summed E-state index contributed by atoms with van der Waals surface area (Å²) in [4.78, 5) is 20.8. The van der Waals surface area contributed by atoms with Crippen LogP contribution in [0.5, 0.6) is 0 Å². The molecule has 0 radical (unpaired) electrons. The zero-order valence-corrected chi connectivity index (χ0v) is 12.0. The Hall–Kier alpha value is -1.57. The van der Waals surface area contributed by atoms with E-state index < -0.39 is 4.92 Å². The minimum absolute atomic E-state index is 0.0401. The molecule has 0 amide bonds. The highest BCUT2D eigenvalue weighted by atomic mass is 32.2. The molecule has 0 bridgehead atoms. The Morgan fingerprint density at radius 2 is 2.32 bits per heavy atom. The first-order chi connectivity index (χ1) is 8.93. The number of hydrogen-bond acceptors (Lipinski definition) is 7. The van der Waals surface area contributed by atoms with Gasteiger partial charge in [-0.3, -0.25) is 10.1 Å². The molecule has 1 fully saturated rings. The van der Waals surface area contributed by atoms with Gasteiger partial charge >= 0.3 is 5.69 Å². The number of hydrogen-bond donors (Lipinski definition) is 1. The lowest BCUT2D eigenvalue weighted by Crippen LogP contribution is -2.43. The van der Waals surface area contributed by atoms with Crippen LogP contribution in [0.4, 0.5) is 17.5 Å². The third kappa shape index (κ3) is 3.06. The van der Waals surface area contributed by atoms with Crippen molar-refractivity contribution < 1.29 is 4.92 Å². The number of nitrogens with zero attached hydrogens (tertiary/aromatic N) is 4. The number of aromatic nitrogens is 2. The molecule has 0 unspecified atom stereocenters. The molecular weight excluding hydrogens is 266 g/mol. The van der Waals surface area contributed by atoms with Crippen molar-refractivity contribution in [2.24, 2.45) is 0 Å². The highest BCUT2D eigenvalue weighted by Crippen LogP contribution is 2.35. The van der Waals surface area contributed by atoms with Gasteiger partial charge in [-0.2, -0.15) is 16.7 Å². The summed E-state index contributed by atoms with van der Waals surface area (Å²) in [6.45, 7) is 5.76. The number of rotatable bonds is 3. The fraction of sp³-hybridized carbons (Fsp3) is 0.636. The van der Waals surface area contributed by atoms with Crippen LogP contribution in [0.25, 0.3) is 0 Å². The second kappa shape index (κ2) is 5.20. The molecule has 1 saturated heterocycles. The Morgan fingerprint density at radius 1 is 1.58 bits per heavy atom. The van der Waals surface area contributed by atoms with E-state index in [2.05, 4.69) is 29.1 Å². The van der Waals surface area contributed by atoms with Gasteiger partial charge in [0.15, 0.2) is 0 Å². The fourth-order valence-electron chi connectivity index (χ4n) is 2.05. The van der Waals surface area contributed by atoms with Crippen LogP contribution in [0.3, 0.4) is 0 Å². The van der Waals surface area contributed by atoms with Gasteiger partial charge in [-0.05, 0) is 13.8 Å². The third-order valence-electron chi connectivity index (χ3n) is 2.90. The van der Waals surface area contributed by atoms with E-state index in [4.69, 9.17) is 0 Å². The first-order valence-electron chi connectivity index (χ1n) is 6.01. The van der Waals surface area contributed by atoms with Gasteiger partial charge in [-0.15, -0.1) is 0 Å². The molecule has 1 aromatic rings. The fourth-order valence-corrected chi connectivity index (χ4v) is 3.16. The lowest BCUT2D eigenvalue weighted by atomic mass is 10.2. The summed E-state index contributed by atoms with van der Waals surface area (Å²) < 4.78 is 0.0663. The van der Waals surface area contributed by atoms with Crippen LogP contribution in [0.15, 0.2) is 6.20 Å². The van der Waals surface area contributed by atoms with Crippen molar-refractivity contribution in [3.8, 4) is 0 Å². The molecule has 1 aliphatic rings. The van der Waals surface area contributed by atoms with Crippen molar-refractivity contribution in [3.05, 3.63) is 16.3 Å². The molecule has 0 aromatic carbocycles. The van der Waals surface area contributed by atoms with Crippen molar-refractivity contribution in [2.75, 3.05) is 36.1 Å². The third-order valence-corrected chi connectivity index (χ3v) is 4.19. The summed E-state index contributed by atoms with van der Waals surface area (Å²) in [5.41, 5.74) is -0.0401. The second-order valence-corrected chi connectivity index (χ2v) is 6.74. The Kier molecular flexibility index (Phi) is 3.79. The molecule has 0 atom stereocenters. The maximum atomic E-state index is 11.1. The van der Waals surface area contributed by atoms with E-state index >= 15 is 0 Å². The highest BCUT2D eigenvalue weighted by Gasteiger charge is 2.31. The normalized spacial score (nSPS) is 18.2. The van der Waals surface area contributed by atoms with Crippen molar-refractivity contribution in [1.82, 2.24) is 9.97 Å². The lowest BCUT2D eigenvalue weighted by molar-refractivity contribution is -0.384. The second-order valence-electron chi connectivity index (χ2n) is 4.94. The number of nitro groups is 1. The summed E-state index contributed by atoms with van der Waals surface area (Å²) in [7, 11) is 1.70. The van der Waals surface area contributed by atoms with Gasteiger partial charge in [0.1, 0.15) is 6.20 Å². The van der Waals surface area contributed by atoms with Crippen LogP contribution in [-0.2, 0) is 0 Å². The molecule has 8 heteroatoms. The van der Waals surface area contributed by atoms with Gasteiger partial charge in [-0.25, -0.2) is 4.98 Å². The van der Waals surface area contributed by atoms with Gasteiger partial charge in [0, 0.05) is 30.6 Å². The van der Waals surface area contributed by atoms with Crippen LogP contribution in [0.1, 0.15) is 13.8 Å². The van der Waals surface area contributed by atoms with Crippen LogP contribution in [0, 0.1) is 10.1 Å². The average molecular weight is 283 g/mol. The summed E-state index contributed by atoms with van der Waals surface area (Å²) >= 11 is 1.87. The average Bonchev–Trinajstić information content (AvgIpc) is 2.36. The Morgan fingerprint density at radius 3 is 2.89 bits per heavy atom. The van der Waals surface area contributed by atoms with Crippen LogP contribution >= 0.6 is 11.8 Å². The van der Waals surface area contributed by atoms with Crippen molar-refractivity contribution in [2.45, 2.75) is 18.6 Å². The minimum atomic E-state index is -0.427. The summed E-state index contributed by atoms with van der Waals surface area (Å²) in [5.74, 6) is 1.73. The maximum Gasteiger partial charge on any atom is 0.329 e. The number of thioether (sulfide) groups is 1. The maximum absolute atomic E-state index is 11.1. The van der Waals surface area contributed by atoms with Gasteiger partial charge in [0.05, 0.1) is 4.92 Å². The zero-order valence-electron chi connectivity index (χ0n) is 11.2. The topological polar surface area (TPSA) is 84.2 Å². The monoisotopic (exact) mass is 283 g/mol. The molecule has 0 saturated carbocycles. The smallest absolute Gasteiger partial charge is 0.329 e. The quantitative estimate of drug-likeness (QED) is 0.668. The van der Waals surface area contributed by atoms with Gasteiger partial charge < -0.3 is 10.2 Å². The first-order valence-corrected chi connectivity index (χ1v) is 6.99. The Balaban J connectivity index is 2.38. The Bertz CT molecular complexity index is 494. The van der Waals surface area contributed by atoms with Crippen molar-refractivity contribution in [3.63, 3.8) is 0 Å². The lowest BCUT2D eigenvalue weighted by Gasteiger charge is -2.37. The molecule has 1 N–H and O–H groups in total. The summed E-state index contributed by atoms with van der Waals surface area (Å²) in [6, 6.07) is 0. The van der Waals surface area contributed by atoms with E-state index in [0.717, 1.165) is 18.8 Å². The van der Waals surface area contributed by atoms with E-state index in [1.54, 1.807) is 7.05 Å². The van der Waals surface area contributed by atoms with E-state index in [1.165, 1.54) is 6.20 Å². The molecule has 7 nitrogen and oxygen atoms in total. The predicted molar refractivity (Wildman–Crippen MR) is 77.0 cm³/mol. The highest BCUT2D eigenvalue weighted by molar-refractivity contribution is 8.00. The SMILES string of the molecule is CNc1ncc([N+](=O)[O-])c(N2CCSC(C)(C)C2)n1. The minimum Gasteiger partial charge on any atom is -0.357 e. The number of nitrogens with one attached hydrogen (secondary N) is 1. The molecule has 1 aromatic heterocycles. The molecule has 104 valence electrons. The van der Waals surface area contributed by atoms with Gasteiger partial charge in [-0.1, -0.05) is 0 Å². The predicted octanol–water partition coefficient (Wildman–Crippen LogP) is 1.76. The number of anilines is 2. The Labute approximate surface area is 116 Å². The first kappa shape index (κ1) is 13.9. The van der Waals surface area contributed by atoms with Crippen LogP contribution in [-0.4, -0.2) is 45.5 Å². The molecule has 0 spiro atoms.